The fourth-order valence-corrected chi connectivity index (χ4v) is 3.47. The molecule has 0 amide bonds. The van der Waals surface area contributed by atoms with Crippen molar-refractivity contribution >= 4 is 12.6 Å². The van der Waals surface area contributed by atoms with Crippen molar-refractivity contribution in [3.8, 4) is 5.75 Å². The zero-order chi connectivity index (χ0) is 18.9. The number of aliphatic hydroxyl groups is 1. The van der Waals surface area contributed by atoms with Gasteiger partial charge < -0.3 is 24.1 Å². The van der Waals surface area contributed by atoms with E-state index in [1.807, 2.05) is 12.1 Å². The van der Waals surface area contributed by atoms with Crippen LogP contribution >= 0.6 is 0 Å². The molecule has 2 aliphatic heterocycles. The van der Waals surface area contributed by atoms with Crippen LogP contribution < -0.4 is 10.2 Å². The van der Waals surface area contributed by atoms with Crippen LogP contribution in [0.15, 0.2) is 18.2 Å². The lowest BCUT2D eigenvalue weighted by molar-refractivity contribution is 0.00578. The van der Waals surface area contributed by atoms with Gasteiger partial charge in [0.2, 0.25) is 0 Å². The molecule has 3 rings (SSSR count). The Morgan fingerprint density at radius 3 is 2.50 bits per heavy atom. The number of likely N-dealkylation sites (tertiary alicyclic amines) is 1. The quantitative estimate of drug-likeness (QED) is 0.622. The van der Waals surface area contributed by atoms with Crippen molar-refractivity contribution in [3.63, 3.8) is 0 Å². The first-order valence-electron chi connectivity index (χ1n) is 9.67. The lowest BCUT2D eigenvalue weighted by Gasteiger charge is -2.32. The zero-order valence-corrected chi connectivity index (χ0v) is 16.7. The van der Waals surface area contributed by atoms with Gasteiger partial charge in [-0.15, -0.1) is 0 Å². The second-order valence-corrected chi connectivity index (χ2v) is 8.55. The monoisotopic (exact) mass is 361 g/mol. The number of hydrogen-bond acceptors (Lipinski definition) is 5. The highest BCUT2D eigenvalue weighted by Gasteiger charge is 2.52. The summed E-state index contributed by atoms with van der Waals surface area (Å²) in [5.74, 6) is 0.879. The average Bonchev–Trinajstić information content (AvgIpc) is 3.04. The van der Waals surface area contributed by atoms with Crippen LogP contribution in [0.3, 0.4) is 0 Å². The van der Waals surface area contributed by atoms with Crippen LogP contribution in [0.25, 0.3) is 0 Å². The summed E-state index contributed by atoms with van der Waals surface area (Å²) in [7, 11) is -0.337. The third-order valence-corrected chi connectivity index (χ3v) is 5.88. The molecule has 1 atom stereocenters. The molecule has 1 aromatic carbocycles. The maximum absolute atomic E-state index is 9.55. The fourth-order valence-electron chi connectivity index (χ4n) is 3.47. The van der Waals surface area contributed by atoms with E-state index in [-0.39, 0.29) is 24.4 Å². The Hall–Kier alpha value is -1.08. The summed E-state index contributed by atoms with van der Waals surface area (Å²) in [4.78, 5) is 2.29. The molecule has 0 aromatic heterocycles. The maximum Gasteiger partial charge on any atom is 0.495 e. The van der Waals surface area contributed by atoms with Gasteiger partial charge in [-0.3, -0.25) is 0 Å². The first kappa shape index (κ1) is 19.7. The second kappa shape index (κ2) is 7.51. The van der Waals surface area contributed by atoms with E-state index >= 15 is 0 Å². The topological polar surface area (TPSA) is 51.2 Å². The van der Waals surface area contributed by atoms with Crippen LogP contribution in [-0.2, 0) is 9.31 Å². The van der Waals surface area contributed by atoms with Crippen molar-refractivity contribution in [1.29, 1.82) is 0 Å². The number of nitrogens with zero attached hydrogens (tertiary/aromatic N) is 1. The molecule has 2 aliphatic rings. The number of β-amino-alcohol motifs (C(OH)–C–C–N with tert-alkyl or cyclic N) is 1. The number of ether oxygens (including phenoxy) is 1. The molecule has 2 fully saturated rings. The fraction of sp³-hybridized carbons (Fsp3) is 0.700. The SMILES string of the molecule is Cc1cc(OCCCN2CCC(O)C2)ccc1B1OC(C)(C)C(C)(C)O1. The van der Waals surface area contributed by atoms with E-state index in [1.54, 1.807) is 0 Å². The summed E-state index contributed by atoms with van der Waals surface area (Å²) in [5.41, 5.74) is 1.51. The number of hydrogen-bond donors (Lipinski definition) is 1. The molecule has 1 unspecified atom stereocenters. The molecule has 6 heteroatoms. The van der Waals surface area contributed by atoms with E-state index in [0.29, 0.717) is 6.61 Å². The van der Waals surface area contributed by atoms with Crippen molar-refractivity contribution < 1.29 is 19.2 Å². The molecule has 0 aliphatic carbocycles. The normalized spacial score (nSPS) is 25.0. The first-order valence-corrected chi connectivity index (χ1v) is 9.67. The highest BCUT2D eigenvalue weighted by molar-refractivity contribution is 6.62. The van der Waals surface area contributed by atoms with Gasteiger partial charge in [0.1, 0.15) is 5.75 Å². The highest BCUT2D eigenvalue weighted by Crippen LogP contribution is 2.36. The molecule has 2 heterocycles. The van der Waals surface area contributed by atoms with Gasteiger partial charge in [-0.2, -0.15) is 0 Å². The summed E-state index contributed by atoms with van der Waals surface area (Å²) in [6, 6.07) is 6.09. The van der Waals surface area contributed by atoms with Gasteiger partial charge in [0.25, 0.3) is 0 Å². The minimum atomic E-state index is -0.337. The Labute approximate surface area is 157 Å². The summed E-state index contributed by atoms with van der Waals surface area (Å²) < 4.78 is 18.2. The van der Waals surface area contributed by atoms with Crippen LogP contribution in [-0.4, -0.2) is 60.7 Å². The van der Waals surface area contributed by atoms with Gasteiger partial charge in [-0.25, -0.2) is 0 Å². The smallest absolute Gasteiger partial charge is 0.494 e. The minimum absolute atomic E-state index is 0.152. The summed E-state index contributed by atoms with van der Waals surface area (Å²) >= 11 is 0. The van der Waals surface area contributed by atoms with E-state index in [9.17, 15) is 5.11 Å². The van der Waals surface area contributed by atoms with E-state index in [0.717, 1.165) is 49.3 Å². The van der Waals surface area contributed by atoms with Crippen molar-refractivity contribution in [2.45, 2.75) is 64.8 Å². The predicted molar refractivity (Wildman–Crippen MR) is 104 cm³/mol. The molecule has 0 bridgehead atoms. The molecular weight excluding hydrogens is 329 g/mol. The Kier molecular flexibility index (Phi) is 5.68. The standard InChI is InChI=1S/C20H32BNO4/c1-15-13-17(24-12-6-10-22-11-9-16(23)14-22)7-8-18(15)21-25-19(2,3)20(4,5)26-21/h7-8,13,16,23H,6,9-12,14H2,1-5H3. The van der Waals surface area contributed by atoms with E-state index in [2.05, 4.69) is 45.6 Å². The number of rotatable bonds is 6. The number of aliphatic hydroxyl groups excluding tert-OH is 1. The average molecular weight is 361 g/mol. The summed E-state index contributed by atoms with van der Waals surface area (Å²) in [5, 5.41) is 9.55. The Balaban J connectivity index is 1.52. The van der Waals surface area contributed by atoms with Crippen LogP contribution in [0.2, 0.25) is 0 Å². The van der Waals surface area contributed by atoms with Crippen molar-refractivity contribution in [3.05, 3.63) is 23.8 Å². The molecule has 0 radical (unpaired) electrons. The summed E-state index contributed by atoms with van der Waals surface area (Å²) in [6.45, 7) is 13.8. The van der Waals surface area contributed by atoms with Crippen molar-refractivity contribution in [2.75, 3.05) is 26.2 Å². The molecule has 5 nitrogen and oxygen atoms in total. The van der Waals surface area contributed by atoms with Crippen molar-refractivity contribution in [2.24, 2.45) is 0 Å². The lowest BCUT2D eigenvalue weighted by Crippen LogP contribution is -2.41. The molecule has 1 N–H and O–H groups in total. The number of benzene rings is 1. The zero-order valence-electron chi connectivity index (χ0n) is 16.7. The van der Waals surface area contributed by atoms with Crippen LogP contribution in [0.1, 0.15) is 46.1 Å². The van der Waals surface area contributed by atoms with E-state index in [1.165, 1.54) is 0 Å². The van der Waals surface area contributed by atoms with Crippen LogP contribution in [0, 0.1) is 6.92 Å². The third-order valence-electron chi connectivity index (χ3n) is 5.88. The van der Waals surface area contributed by atoms with Gasteiger partial charge in [0.15, 0.2) is 0 Å². The van der Waals surface area contributed by atoms with E-state index < -0.39 is 0 Å². The van der Waals surface area contributed by atoms with Crippen LogP contribution in [0.5, 0.6) is 5.75 Å². The molecule has 1 aromatic rings. The molecule has 144 valence electrons. The van der Waals surface area contributed by atoms with E-state index in [4.69, 9.17) is 14.0 Å². The highest BCUT2D eigenvalue weighted by atomic mass is 16.7. The Bertz CT molecular complexity index is 618. The Morgan fingerprint density at radius 2 is 1.92 bits per heavy atom. The van der Waals surface area contributed by atoms with Gasteiger partial charge in [-0.05, 0) is 70.6 Å². The maximum atomic E-state index is 9.55. The van der Waals surface area contributed by atoms with Gasteiger partial charge in [0, 0.05) is 19.6 Å². The Morgan fingerprint density at radius 1 is 1.23 bits per heavy atom. The minimum Gasteiger partial charge on any atom is -0.494 e. The molecule has 0 spiro atoms. The molecule has 2 saturated heterocycles. The largest absolute Gasteiger partial charge is 0.495 e. The summed E-state index contributed by atoms with van der Waals surface area (Å²) in [6.07, 6.45) is 1.70. The van der Waals surface area contributed by atoms with Gasteiger partial charge in [-0.1, -0.05) is 6.07 Å². The first-order chi connectivity index (χ1) is 12.2. The molecule has 26 heavy (non-hydrogen) atoms. The van der Waals surface area contributed by atoms with Crippen molar-refractivity contribution in [1.82, 2.24) is 4.90 Å². The predicted octanol–water partition coefficient (Wildman–Crippen LogP) is 2.13. The van der Waals surface area contributed by atoms with Gasteiger partial charge >= 0.3 is 7.12 Å². The van der Waals surface area contributed by atoms with Gasteiger partial charge in [0.05, 0.1) is 23.9 Å². The second-order valence-electron chi connectivity index (χ2n) is 8.55. The lowest BCUT2D eigenvalue weighted by atomic mass is 9.76. The molecule has 0 saturated carbocycles. The third kappa shape index (κ3) is 4.25. The van der Waals surface area contributed by atoms with Crippen LogP contribution in [0.4, 0.5) is 0 Å². The molecular formula is C20H32BNO4. The number of aryl methyl sites for hydroxylation is 1.